The molecule has 17 N–H and O–H groups in total. The zero-order chi connectivity index (χ0) is 19.4. The standard InChI is InChI=1S/C6H14N4O2.C2H10N4O6/c7-4(5(11)12)2-1-3-10-6(8)9;3-1(4,9-7)11-12-2(5,6)10-8/h4H,1-3,7H2,(H,11,12)(H4,8,9,10);7-8H,3-6H2/t4-;/m0./s1. The number of guanidine groups is 1. The number of nitrogens with two attached hydrogens (primary N) is 7. The Morgan fingerprint density at radius 2 is 1.46 bits per heavy atom. The summed E-state index contributed by atoms with van der Waals surface area (Å²) in [5.74, 6) is -0.987. The molecule has 0 aliphatic rings. The van der Waals surface area contributed by atoms with Crippen LogP contribution in [0.3, 0.4) is 0 Å². The predicted molar refractivity (Wildman–Crippen MR) is 77.3 cm³/mol. The van der Waals surface area contributed by atoms with Gasteiger partial charge in [-0.05, 0) is 12.8 Å². The molecule has 0 rings (SSSR count). The normalized spacial score (nSPS) is 12.8. The molecule has 0 aromatic carbocycles. The van der Waals surface area contributed by atoms with Gasteiger partial charge in [-0.3, -0.25) is 32.7 Å². The maximum atomic E-state index is 10.2. The van der Waals surface area contributed by atoms with E-state index in [0.29, 0.717) is 19.4 Å². The van der Waals surface area contributed by atoms with E-state index in [1.807, 2.05) is 0 Å². The first kappa shape index (κ1) is 24.6. The predicted octanol–water partition coefficient (Wildman–Crippen LogP) is -4.58. The van der Waals surface area contributed by atoms with Gasteiger partial charge >= 0.3 is 18.0 Å². The van der Waals surface area contributed by atoms with Crippen molar-refractivity contribution in [2.45, 2.75) is 31.0 Å². The zero-order valence-electron chi connectivity index (χ0n) is 12.6. The lowest BCUT2D eigenvalue weighted by Gasteiger charge is -2.24. The molecule has 0 radical (unpaired) electrons. The molecule has 0 aliphatic carbocycles. The van der Waals surface area contributed by atoms with Crippen molar-refractivity contribution >= 4 is 11.9 Å². The molecule has 0 heterocycles. The monoisotopic (exact) mass is 360 g/mol. The Kier molecular flexibility index (Phi) is 12.0. The van der Waals surface area contributed by atoms with Crippen LogP contribution in [0, 0.1) is 0 Å². The number of hydrogen-bond acceptors (Lipinski definition) is 13. The van der Waals surface area contributed by atoms with Crippen molar-refractivity contribution in [2.24, 2.45) is 45.1 Å². The van der Waals surface area contributed by atoms with E-state index in [-0.39, 0.29) is 5.96 Å². The van der Waals surface area contributed by atoms with Crippen molar-refractivity contribution in [3.05, 3.63) is 0 Å². The SMILES string of the molecule is NC(N)(OO)OOC(N)(N)OO.NC(N)=NCCC[C@H](N)C(=O)O. The maximum absolute atomic E-state index is 10.2. The molecule has 0 fully saturated rings. The molecule has 0 bridgehead atoms. The summed E-state index contributed by atoms with van der Waals surface area (Å²) in [6.45, 7) is 0.420. The van der Waals surface area contributed by atoms with Crippen LogP contribution in [-0.2, 0) is 24.3 Å². The molecule has 1 atom stereocenters. The molecule has 0 saturated carbocycles. The van der Waals surface area contributed by atoms with Crippen LogP contribution in [0.2, 0.25) is 0 Å². The quantitative estimate of drug-likeness (QED) is 0.0437. The second-order valence-corrected chi connectivity index (χ2v) is 4.19. The fraction of sp³-hybridized carbons (Fsp3) is 0.750. The van der Waals surface area contributed by atoms with Crippen molar-refractivity contribution in [3.8, 4) is 0 Å². The molecule has 0 spiro atoms. The Morgan fingerprint density at radius 3 is 1.75 bits per heavy atom. The number of carbonyl (C=O) groups is 1. The molecule has 16 nitrogen and oxygen atoms in total. The third-order valence-corrected chi connectivity index (χ3v) is 1.87. The minimum absolute atomic E-state index is 0.0129. The van der Waals surface area contributed by atoms with E-state index >= 15 is 0 Å². The lowest BCUT2D eigenvalue weighted by molar-refractivity contribution is -0.569. The van der Waals surface area contributed by atoms with Crippen molar-refractivity contribution in [2.75, 3.05) is 6.54 Å². The molecule has 24 heavy (non-hydrogen) atoms. The van der Waals surface area contributed by atoms with Gasteiger partial charge in [0.2, 0.25) is 0 Å². The minimum atomic E-state index is -2.47. The number of hydrogen-bond donors (Lipinski definition) is 10. The Labute approximate surface area is 135 Å². The first-order chi connectivity index (χ1) is 10.9. The molecular formula is C8H24N8O8. The lowest BCUT2D eigenvalue weighted by atomic mass is 10.2. The molecule has 0 amide bonds. The molecule has 0 aromatic rings. The van der Waals surface area contributed by atoms with Crippen molar-refractivity contribution in [3.63, 3.8) is 0 Å². The highest BCUT2D eigenvalue weighted by atomic mass is 17.3. The zero-order valence-corrected chi connectivity index (χ0v) is 12.6. The van der Waals surface area contributed by atoms with Gasteiger partial charge in [-0.2, -0.15) is 19.6 Å². The summed E-state index contributed by atoms with van der Waals surface area (Å²) in [7, 11) is 0. The lowest BCUT2D eigenvalue weighted by Crippen LogP contribution is -2.60. The van der Waals surface area contributed by atoms with Crippen LogP contribution in [0.1, 0.15) is 12.8 Å². The number of carboxylic acid groups (broad SMARTS) is 1. The van der Waals surface area contributed by atoms with E-state index in [1.54, 1.807) is 0 Å². The van der Waals surface area contributed by atoms with Crippen LogP contribution in [0.25, 0.3) is 0 Å². The summed E-state index contributed by atoms with van der Waals surface area (Å²) in [5.41, 5.74) is 34.5. The Balaban J connectivity index is 0. The summed E-state index contributed by atoms with van der Waals surface area (Å²) < 4.78 is 0. The van der Waals surface area contributed by atoms with Gasteiger partial charge in [0, 0.05) is 6.54 Å². The van der Waals surface area contributed by atoms with Gasteiger partial charge in [0.15, 0.2) is 5.96 Å². The maximum Gasteiger partial charge on any atom is 0.343 e. The van der Waals surface area contributed by atoms with E-state index in [1.165, 1.54) is 0 Å². The summed E-state index contributed by atoms with van der Waals surface area (Å²) in [4.78, 5) is 28.3. The van der Waals surface area contributed by atoms with Gasteiger partial charge in [0.1, 0.15) is 6.04 Å². The van der Waals surface area contributed by atoms with Gasteiger partial charge in [-0.15, -0.1) is 0 Å². The second kappa shape index (κ2) is 11.8. The summed E-state index contributed by atoms with van der Waals surface area (Å²) >= 11 is 0. The van der Waals surface area contributed by atoms with Crippen LogP contribution < -0.4 is 40.1 Å². The fourth-order valence-corrected chi connectivity index (χ4v) is 0.804. The largest absolute Gasteiger partial charge is 0.480 e. The van der Waals surface area contributed by atoms with Gasteiger partial charge < -0.3 is 22.3 Å². The van der Waals surface area contributed by atoms with Crippen LogP contribution in [0.5, 0.6) is 0 Å². The molecule has 0 aromatic heterocycles. The van der Waals surface area contributed by atoms with Crippen LogP contribution >= 0.6 is 0 Å². The van der Waals surface area contributed by atoms with Gasteiger partial charge in [-0.1, -0.05) is 0 Å². The van der Waals surface area contributed by atoms with Gasteiger partial charge in [0.05, 0.1) is 0 Å². The van der Waals surface area contributed by atoms with E-state index in [2.05, 4.69) is 24.5 Å². The summed E-state index contributed by atoms with van der Waals surface area (Å²) in [6, 6.07) is -5.76. The number of carboxylic acids is 1. The summed E-state index contributed by atoms with van der Waals surface area (Å²) in [5, 5.41) is 24.2. The van der Waals surface area contributed by atoms with Crippen molar-refractivity contribution in [1.29, 1.82) is 0 Å². The Morgan fingerprint density at radius 1 is 1.04 bits per heavy atom. The van der Waals surface area contributed by atoms with E-state index in [0.717, 1.165) is 0 Å². The van der Waals surface area contributed by atoms with Crippen LogP contribution in [0.4, 0.5) is 0 Å². The van der Waals surface area contributed by atoms with Crippen molar-refractivity contribution < 1.29 is 40.0 Å². The third kappa shape index (κ3) is 15.2. The molecular weight excluding hydrogens is 336 g/mol. The number of nitrogens with zero attached hydrogens (tertiary/aromatic N) is 1. The van der Waals surface area contributed by atoms with Crippen LogP contribution in [0.15, 0.2) is 4.99 Å². The first-order valence-corrected chi connectivity index (χ1v) is 6.08. The Bertz CT molecular complexity index is 372. The minimum Gasteiger partial charge on any atom is -0.480 e. The average molecular weight is 360 g/mol. The highest BCUT2D eigenvalue weighted by Crippen LogP contribution is 2.01. The molecule has 0 saturated heterocycles. The van der Waals surface area contributed by atoms with Crippen LogP contribution in [-0.4, -0.2) is 52.2 Å². The molecule has 16 heteroatoms. The van der Waals surface area contributed by atoms with Gasteiger partial charge in [0.25, 0.3) is 0 Å². The number of aliphatic imine (C=N–C) groups is 1. The van der Waals surface area contributed by atoms with Gasteiger partial charge in [-0.25, -0.2) is 10.5 Å². The highest BCUT2D eigenvalue weighted by molar-refractivity contribution is 5.75. The summed E-state index contributed by atoms with van der Waals surface area (Å²) in [6.07, 6.45) is 0.956. The fourth-order valence-electron chi connectivity index (χ4n) is 0.804. The Hall–Kier alpha value is -1.70. The first-order valence-electron chi connectivity index (χ1n) is 6.08. The average Bonchev–Trinajstić information content (AvgIpc) is 2.50. The molecule has 0 aliphatic heterocycles. The van der Waals surface area contributed by atoms with E-state index in [9.17, 15) is 4.79 Å². The van der Waals surface area contributed by atoms with E-state index in [4.69, 9.17) is 55.8 Å². The molecule has 0 unspecified atom stereocenters. The highest BCUT2D eigenvalue weighted by Gasteiger charge is 2.30. The van der Waals surface area contributed by atoms with E-state index < -0.39 is 24.1 Å². The topological polar surface area (TPSA) is 309 Å². The van der Waals surface area contributed by atoms with Crippen molar-refractivity contribution in [1.82, 2.24) is 0 Å². The number of rotatable bonds is 10. The molecule has 144 valence electrons. The number of aliphatic carboxylic acids is 1. The second-order valence-electron chi connectivity index (χ2n) is 4.19. The smallest absolute Gasteiger partial charge is 0.343 e. The third-order valence-electron chi connectivity index (χ3n) is 1.87.